The van der Waals surface area contributed by atoms with E-state index in [-0.39, 0.29) is 23.3 Å². The molecule has 1 aliphatic heterocycles. The van der Waals surface area contributed by atoms with E-state index in [0.717, 1.165) is 22.1 Å². The highest BCUT2D eigenvalue weighted by Gasteiger charge is 2.38. The van der Waals surface area contributed by atoms with Crippen LogP contribution in [0.1, 0.15) is 50.2 Å². The number of hydrogen-bond acceptors (Lipinski definition) is 5. The molecular formula is C27H22BrNO4. The third-order valence-electron chi connectivity index (χ3n) is 6.32. The number of carbonyl (C=O) groups excluding carboxylic acids is 2. The van der Waals surface area contributed by atoms with E-state index in [1.807, 2.05) is 12.1 Å². The molecule has 0 fully saturated rings. The molecule has 1 aliphatic carbocycles. The molecule has 6 heteroatoms. The van der Waals surface area contributed by atoms with Gasteiger partial charge in [0.1, 0.15) is 11.3 Å². The van der Waals surface area contributed by atoms with E-state index >= 15 is 0 Å². The Bertz CT molecular complexity index is 1250. The molecule has 3 aromatic rings. The molecule has 0 saturated heterocycles. The van der Waals surface area contributed by atoms with Crippen LogP contribution in [-0.2, 0) is 4.74 Å². The average Bonchev–Trinajstić information content (AvgIpc) is 3.34. The number of methoxy groups -OCH3 is 1. The number of ether oxygens (including phenoxy) is 2. The fourth-order valence-corrected chi connectivity index (χ4v) is 4.98. The molecule has 0 saturated carbocycles. The van der Waals surface area contributed by atoms with Gasteiger partial charge >= 0.3 is 11.9 Å². The number of nitrogens with one attached hydrogen (secondary N) is 1. The van der Waals surface area contributed by atoms with Crippen LogP contribution in [0.25, 0.3) is 0 Å². The summed E-state index contributed by atoms with van der Waals surface area (Å²) in [6.45, 7) is 0. The lowest BCUT2D eigenvalue weighted by molar-refractivity contribution is 0.0593. The number of allylic oxidation sites excluding steroid dienone is 2. The molecule has 0 spiro atoms. The van der Waals surface area contributed by atoms with Gasteiger partial charge in [0.2, 0.25) is 0 Å². The van der Waals surface area contributed by atoms with Crippen LogP contribution in [0.15, 0.2) is 83.4 Å². The Hall–Kier alpha value is -3.38. The summed E-state index contributed by atoms with van der Waals surface area (Å²) in [5.74, 6) is -0.303. The molecule has 3 atom stereocenters. The van der Waals surface area contributed by atoms with E-state index in [9.17, 15) is 9.59 Å². The van der Waals surface area contributed by atoms with Gasteiger partial charge in [-0.25, -0.2) is 9.59 Å². The molecule has 0 unspecified atom stereocenters. The third-order valence-corrected chi connectivity index (χ3v) is 6.85. The quantitative estimate of drug-likeness (QED) is 0.257. The minimum absolute atomic E-state index is 0.180. The van der Waals surface area contributed by atoms with Crippen molar-refractivity contribution in [2.45, 2.75) is 18.4 Å². The van der Waals surface area contributed by atoms with Gasteiger partial charge in [0, 0.05) is 16.1 Å². The Morgan fingerprint density at radius 3 is 2.58 bits per heavy atom. The SMILES string of the molecule is COC(=O)c1ccccc1OC(=O)c1ccc2c(c1)[C@H]1C=CC[C@@H]1[C@H](c1ccc(Br)cc1)N2. The van der Waals surface area contributed by atoms with Crippen molar-refractivity contribution < 1.29 is 19.1 Å². The highest BCUT2D eigenvalue weighted by Crippen LogP contribution is 2.50. The van der Waals surface area contributed by atoms with Crippen molar-refractivity contribution in [3.63, 3.8) is 0 Å². The number of esters is 2. The summed E-state index contributed by atoms with van der Waals surface area (Å²) in [7, 11) is 1.30. The van der Waals surface area contributed by atoms with E-state index in [1.54, 1.807) is 30.3 Å². The number of anilines is 1. The van der Waals surface area contributed by atoms with Crippen LogP contribution in [0.2, 0.25) is 0 Å². The second-order valence-electron chi connectivity index (χ2n) is 8.21. The average molecular weight is 504 g/mol. The van der Waals surface area contributed by atoms with Crippen molar-refractivity contribution in [2.75, 3.05) is 12.4 Å². The first-order valence-electron chi connectivity index (χ1n) is 10.8. The molecule has 0 amide bonds. The maximum atomic E-state index is 13.0. The van der Waals surface area contributed by atoms with Crippen LogP contribution in [0.5, 0.6) is 5.75 Å². The number of halogens is 1. The molecule has 0 aromatic heterocycles. The van der Waals surface area contributed by atoms with Gasteiger partial charge in [0.25, 0.3) is 0 Å². The topological polar surface area (TPSA) is 64.6 Å². The molecule has 0 bridgehead atoms. The van der Waals surface area contributed by atoms with Crippen LogP contribution in [-0.4, -0.2) is 19.0 Å². The minimum atomic E-state index is -0.550. The van der Waals surface area contributed by atoms with E-state index < -0.39 is 11.9 Å². The van der Waals surface area contributed by atoms with Crippen LogP contribution >= 0.6 is 15.9 Å². The number of fused-ring (bicyclic) bond motifs is 3. The highest BCUT2D eigenvalue weighted by molar-refractivity contribution is 9.10. The van der Waals surface area contributed by atoms with Gasteiger partial charge < -0.3 is 14.8 Å². The van der Waals surface area contributed by atoms with Crippen LogP contribution in [0.4, 0.5) is 5.69 Å². The lowest BCUT2D eigenvalue weighted by Crippen LogP contribution is -2.29. The first-order chi connectivity index (χ1) is 16.0. The number of hydrogen-bond donors (Lipinski definition) is 1. The van der Waals surface area contributed by atoms with Gasteiger partial charge in [0.05, 0.1) is 18.7 Å². The zero-order valence-electron chi connectivity index (χ0n) is 18.0. The summed E-state index contributed by atoms with van der Waals surface area (Å²) in [5, 5.41) is 3.68. The first kappa shape index (κ1) is 21.5. The smallest absolute Gasteiger partial charge is 0.343 e. The summed E-state index contributed by atoms with van der Waals surface area (Å²) >= 11 is 3.51. The van der Waals surface area contributed by atoms with Gasteiger partial charge in [-0.2, -0.15) is 0 Å². The molecule has 0 radical (unpaired) electrons. The summed E-state index contributed by atoms with van der Waals surface area (Å²) in [5.41, 5.74) is 3.99. The molecular weight excluding hydrogens is 482 g/mol. The minimum Gasteiger partial charge on any atom is -0.465 e. The standard InChI is InChI=1S/C27H22BrNO4/c1-32-27(31)21-5-2-3-8-24(21)33-26(30)17-11-14-23-22(15-17)19-6-4-7-20(19)25(29-23)16-9-12-18(28)13-10-16/h2-6,8-15,19-20,25,29H,7H2,1H3/t19-,20-,25-/m0/s1. The summed E-state index contributed by atoms with van der Waals surface area (Å²) < 4.78 is 11.4. The first-order valence-corrected chi connectivity index (χ1v) is 11.6. The predicted molar refractivity (Wildman–Crippen MR) is 130 cm³/mol. The molecule has 1 heterocycles. The number of benzene rings is 3. The van der Waals surface area contributed by atoms with Crippen LogP contribution in [0.3, 0.4) is 0 Å². The Morgan fingerprint density at radius 1 is 1.00 bits per heavy atom. The normalized spacial score (nSPS) is 20.4. The molecule has 166 valence electrons. The summed E-state index contributed by atoms with van der Waals surface area (Å²) in [6.07, 6.45) is 5.42. The van der Waals surface area contributed by atoms with Crippen molar-refractivity contribution >= 4 is 33.6 Å². The fourth-order valence-electron chi connectivity index (χ4n) is 4.71. The van der Waals surface area contributed by atoms with Crippen molar-refractivity contribution in [3.8, 4) is 5.75 Å². The lowest BCUT2D eigenvalue weighted by Gasteiger charge is -2.37. The molecule has 33 heavy (non-hydrogen) atoms. The molecule has 3 aromatic carbocycles. The zero-order chi connectivity index (χ0) is 22.9. The van der Waals surface area contributed by atoms with Crippen molar-refractivity contribution in [1.29, 1.82) is 0 Å². The lowest BCUT2D eigenvalue weighted by atomic mass is 9.76. The predicted octanol–water partition coefficient (Wildman–Crippen LogP) is 6.28. The van der Waals surface area contributed by atoms with Crippen LogP contribution in [0, 0.1) is 5.92 Å². The van der Waals surface area contributed by atoms with Gasteiger partial charge in [0.15, 0.2) is 0 Å². The molecule has 5 rings (SSSR count). The molecule has 1 N–H and O–H groups in total. The molecule has 5 nitrogen and oxygen atoms in total. The van der Waals surface area contributed by atoms with E-state index in [4.69, 9.17) is 9.47 Å². The Balaban J connectivity index is 1.43. The van der Waals surface area contributed by atoms with Crippen molar-refractivity contribution in [1.82, 2.24) is 0 Å². The largest absolute Gasteiger partial charge is 0.465 e. The van der Waals surface area contributed by atoms with E-state index in [1.165, 1.54) is 12.7 Å². The van der Waals surface area contributed by atoms with E-state index in [0.29, 0.717) is 11.5 Å². The van der Waals surface area contributed by atoms with Crippen molar-refractivity contribution in [2.24, 2.45) is 5.92 Å². The monoisotopic (exact) mass is 503 g/mol. The number of para-hydroxylation sites is 1. The summed E-state index contributed by atoms with van der Waals surface area (Å²) in [4.78, 5) is 25.0. The van der Waals surface area contributed by atoms with Crippen molar-refractivity contribution in [3.05, 3.63) is 106 Å². The Labute approximate surface area is 200 Å². The molecule has 2 aliphatic rings. The zero-order valence-corrected chi connectivity index (χ0v) is 19.5. The van der Waals surface area contributed by atoms with Gasteiger partial charge in [-0.1, -0.05) is 52.3 Å². The number of carbonyl (C=O) groups is 2. The van der Waals surface area contributed by atoms with E-state index in [2.05, 4.69) is 57.7 Å². The van der Waals surface area contributed by atoms with Gasteiger partial charge in [-0.15, -0.1) is 0 Å². The van der Waals surface area contributed by atoms with Gasteiger partial charge in [-0.05, 0) is 65.9 Å². The highest BCUT2D eigenvalue weighted by atomic mass is 79.9. The maximum Gasteiger partial charge on any atom is 0.343 e. The fraction of sp³-hybridized carbons (Fsp3) is 0.185. The van der Waals surface area contributed by atoms with Gasteiger partial charge in [-0.3, -0.25) is 0 Å². The Kier molecular flexibility index (Phi) is 5.77. The number of rotatable bonds is 4. The van der Waals surface area contributed by atoms with Crippen LogP contribution < -0.4 is 10.1 Å². The second-order valence-corrected chi connectivity index (χ2v) is 9.12. The Morgan fingerprint density at radius 2 is 1.79 bits per heavy atom. The second kappa shape index (κ2) is 8.87. The maximum absolute atomic E-state index is 13.0. The third kappa shape index (κ3) is 4.07. The summed E-state index contributed by atoms with van der Waals surface area (Å²) in [6, 6.07) is 20.8.